The van der Waals surface area contributed by atoms with Gasteiger partial charge in [0.1, 0.15) is 0 Å². The average molecular weight is 309 g/mol. The van der Waals surface area contributed by atoms with E-state index in [1.54, 1.807) is 12.1 Å². The second kappa shape index (κ2) is 6.54. The fourth-order valence-electron chi connectivity index (χ4n) is 2.63. The third-order valence-electron chi connectivity index (χ3n) is 3.77. The van der Waals surface area contributed by atoms with E-state index in [-0.39, 0.29) is 12.6 Å². The number of aryl methyl sites for hydroxylation is 1. The van der Waals surface area contributed by atoms with E-state index in [0.717, 1.165) is 16.5 Å². The molecule has 2 amide bonds. The Morgan fingerprint density at radius 2 is 1.83 bits per heavy atom. The molecule has 5 nitrogen and oxygen atoms in total. The topological polar surface area (TPSA) is 66.3 Å². The maximum atomic E-state index is 11.9. The van der Waals surface area contributed by atoms with Crippen molar-refractivity contribution < 1.29 is 9.90 Å². The summed E-state index contributed by atoms with van der Waals surface area (Å²) in [6, 6.07) is 16.7. The van der Waals surface area contributed by atoms with E-state index >= 15 is 0 Å². The van der Waals surface area contributed by atoms with Crippen LogP contribution in [0.3, 0.4) is 0 Å². The van der Waals surface area contributed by atoms with Crippen molar-refractivity contribution in [2.45, 2.75) is 6.10 Å². The molecule has 0 spiro atoms. The van der Waals surface area contributed by atoms with Crippen LogP contribution in [-0.4, -0.2) is 22.2 Å². The predicted molar refractivity (Wildman–Crippen MR) is 91.3 cm³/mol. The molecule has 3 rings (SSSR count). The molecule has 0 aliphatic carbocycles. The number of carbonyl (C=O) groups excluding carboxylic acids is 1. The smallest absolute Gasteiger partial charge is 0.319 e. The van der Waals surface area contributed by atoms with Crippen molar-refractivity contribution in [3.63, 3.8) is 0 Å². The number of rotatable bonds is 4. The zero-order valence-electron chi connectivity index (χ0n) is 12.9. The van der Waals surface area contributed by atoms with Crippen molar-refractivity contribution in [3.8, 4) is 0 Å². The zero-order valence-corrected chi connectivity index (χ0v) is 12.9. The molecule has 1 heterocycles. The van der Waals surface area contributed by atoms with Crippen molar-refractivity contribution in [3.05, 3.63) is 66.4 Å². The Kier molecular flexibility index (Phi) is 4.30. The van der Waals surface area contributed by atoms with Crippen LogP contribution in [0.15, 0.2) is 60.8 Å². The van der Waals surface area contributed by atoms with Crippen LogP contribution in [0.1, 0.15) is 11.7 Å². The third-order valence-corrected chi connectivity index (χ3v) is 3.77. The van der Waals surface area contributed by atoms with Gasteiger partial charge in [-0.15, -0.1) is 0 Å². The van der Waals surface area contributed by atoms with Crippen LogP contribution in [0, 0.1) is 0 Å². The highest BCUT2D eigenvalue weighted by Crippen LogP contribution is 2.25. The van der Waals surface area contributed by atoms with Gasteiger partial charge in [-0.25, -0.2) is 4.79 Å². The van der Waals surface area contributed by atoms with Gasteiger partial charge >= 0.3 is 6.03 Å². The normalized spacial score (nSPS) is 12.1. The number of aliphatic hydroxyl groups is 1. The van der Waals surface area contributed by atoms with Gasteiger partial charge in [0.15, 0.2) is 0 Å². The monoisotopic (exact) mass is 309 g/mol. The van der Waals surface area contributed by atoms with Gasteiger partial charge in [-0.2, -0.15) is 0 Å². The molecule has 0 fully saturated rings. The first kappa shape index (κ1) is 15.1. The molecule has 1 atom stereocenters. The molecule has 0 radical (unpaired) electrons. The number of aliphatic hydroxyl groups excluding tert-OH is 1. The highest BCUT2D eigenvalue weighted by Gasteiger charge is 2.15. The SMILES string of the molecule is Cn1cc(C(O)CNC(=O)Nc2ccccc2)c2ccccc21. The molecule has 23 heavy (non-hydrogen) atoms. The van der Waals surface area contributed by atoms with E-state index in [4.69, 9.17) is 0 Å². The van der Waals surface area contributed by atoms with Crippen molar-refractivity contribution in [1.29, 1.82) is 0 Å². The number of carbonyl (C=O) groups is 1. The largest absolute Gasteiger partial charge is 0.386 e. The summed E-state index contributed by atoms with van der Waals surface area (Å²) in [5.41, 5.74) is 2.57. The van der Waals surface area contributed by atoms with Crippen LogP contribution in [0.2, 0.25) is 0 Å². The summed E-state index contributed by atoms with van der Waals surface area (Å²) in [4.78, 5) is 11.9. The molecule has 0 aliphatic rings. The Morgan fingerprint density at radius 3 is 2.61 bits per heavy atom. The number of nitrogens with zero attached hydrogens (tertiary/aromatic N) is 1. The summed E-state index contributed by atoms with van der Waals surface area (Å²) < 4.78 is 1.97. The zero-order chi connectivity index (χ0) is 16.2. The van der Waals surface area contributed by atoms with Gasteiger partial charge in [0.05, 0.1) is 6.10 Å². The summed E-state index contributed by atoms with van der Waals surface area (Å²) in [5.74, 6) is 0. The van der Waals surface area contributed by atoms with Crippen molar-refractivity contribution in [2.75, 3.05) is 11.9 Å². The first-order chi connectivity index (χ1) is 11.1. The Morgan fingerprint density at radius 1 is 1.13 bits per heavy atom. The molecule has 1 aromatic heterocycles. The van der Waals surface area contributed by atoms with Gasteiger partial charge in [-0.3, -0.25) is 0 Å². The van der Waals surface area contributed by atoms with Crippen LogP contribution in [0.4, 0.5) is 10.5 Å². The molecule has 0 saturated carbocycles. The predicted octanol–water partition coefficient (Wildman–Crippen LogP) is 3.03. The second-order valence-electron chi connectivity index (χ2n) is 5.43. The lowest BCUT2D eigenvalue weighted by molar-refractivity contribution is 0.176. The standard InChI is InChI=1S/C18H19N3O2/c1-21-12-15(14-9-5-6-10-16(14)21)17(22)11-19-18(23)20-13-7-3-2-4-8-13/h2-10,12,17,22H,11H2,1H3,(H2,19,20,23). The van der Waals surface area contributed by atoms with Gasteiger partial charge in [0, 0.05) is 41.9 Å². The van der Waals surface area contributed by atoms with Crippen LogP contribution < -0.4 is 10.6 Å². The fourth-order valence-corrected chi connectivity index (χ4v) is 2.63. The van der Waals surface area contributed by atoms with Gasteiger partial charge < -0.3 is 20.3 Å². The van der Waals surface area contributed by atoms with Crippen LogP contribution in [-0.2, 0) is 7.05 Å². The number of benzene rings is 2. The molecule has 0 saturated heterocycles. The quantitative estimate of drug-likeness (QED) is 0.693. The van der Waals surface area contributed by atoms with E-state index in [1.165, 1.54) is 0 Å². The number of nitrogens with one attached hydrogen (secondary N) is 2. The Labute approximate surface area is 134 Å². The second-order valence-corrected chi connectivity index (χ2v) is 5.43. The van der Waals surface area contributed by atoms with Crippen LogP contribution in [0.25, 0.3) is 10.9 Å². The fraction of sp³-hybridized carbons (Fsp3) is 0.167. The van der Waals surface area contributed by atoms with E-state index in [0.29, 0.717) is 5.69 Å². The number of para-hydroxylation sites is 2. The summed E-state index contributed by atoms with van der Waals surface area (Å²) in [5, 5.41) is 16.8. The number of hydrogen-bond acceptors (Lipinski definition) is 2. The minimum absolute atomic E-state index is 0.146. The molecule has 0 bridgehead atoms. The van der Waals surface area contributed by atoms with Crippen molar-refractivity contribution in [2.24, 2.45) is 7.05 Å². The maximum Gasteiger partial charge on any atom is 0.319 e. The lowest BCUT2D eigenvalue weighted by Gasteiger charge is -2.12. The van der Waals surface area contributed by atoms with Gasteiger partial charge in [0.2, 0.25) is 0 Å². The molecule has 2 aromatic carbocycles. The molecular weight excluding hydrogens is 290 g/mol. The molecule has 118 valence electrons. The molecule has 3 aromatic rings. The Balaban J connectivity index is 1.65. The molecular formula is C18H19N3O2. The molecule has 1 unspecified atom stereocenters. The Hall–Kier alpha value is -2.79. The third kappa shape index (κ3) is 3.35. The molecule has 0 aliphatic heterocycles. The van der Waals surface area contributed by atoms with E-state index < -0.39 is 6.10 Å². The summed E-state index contributed by atoms with van der Waals surface area (Å²) >= 11 is 0. The minimum atomic E-state index is -0.761. The van der Waals surface area contributed by atoms with Crippen molar-refractivity contribution >= 4 is 22.6 Å². The first-order valence-corrected chi connectivity index (χ1v) is 7.47. The van der Waals surface area contributed by atoms with Crippen LogP contribution >= 0.6 is 0 Å². The number of aromatic nitrogens is 1. The number of hydrogen-bond donors (Lipinski definition) is 3. The summed E-state index contributed by atoms with van der Waals surface area (Å²) in [6.07, 6.45) is 1.13. The summed E-state index contributed by atoms with van der Waals surface area (Å²) in [6.45, 7) is 0.146. The molecule has 3 N–H and O–H groups in total. The highest BCUT2D eigenvalue weighted by atomic mass is 16.3. The molecule has 5 heteroatoms. The lowest BCUT2D eigenvalue weighted by Crippen LogP contribution is -2.32. The lowest BCUT2D eigenvalue weighted by atomic mass is 10.1. The number of anilines is 1. The Bertz CT molecular complexity index is 812. The highest BCUT2D eigenvalue weighted by molar-refractivity contribution is 5.89. The van der Waals surface area contributed by atoms with E-state index in [1.807, 2.05) is 60.3 Å². The average Bonchev–Trinajstić information content (AvgIpc) is 2.91. The van der Waals surface area contributed by atoms with Gasteiger partial charge in [-0.05, 0) is 18.2 Å². The maximum absolute atomic E-state index is 11.9. The van der Waals surface area contributed by atoms with E-state index in [9.17, 15) is 9.90 Å². The number of fused-ring (bicyclic) bond motifs is 1. The van der Waals surface area contributed by atoms with Crippen molar-refractivity contribution in [1.82, 2.24) is 9.88 Å². The van der Waals surface area contributed by atoms with Crippen LogP contribution in [0.5, 0.6) is 0 Å². The minimum Gasteiger partial charge on any atom is -0.386 e. The summed E-state index contributed by atoms with van der Waals surface area (Å²) in [7, 11) is 1.94. The van der Waals surface area contributed by atoms with Gasteiger partial charge in [-0.1, -0.05) is 36.4 Å². The van der Waals surface area contributed by atoms with Gasteiger partial charge in [0.25, 0.3) is 0 Å². The number of amides is 2. The number of urea groups is 1. The first-order valence-electron chi connectivity index (χ1n) is 7.47. The van der Waals surface area contributed by atoms with E-state index in [2.05, 4.69) is 10.6 Å².